The molecule has 0 bridgehead atoms. The van der Waals surface area contributed by atoms with Crippen molar-refractivity contribution in [2.75, 3.05) is 25.0 Å². The minimum absolute atomic E-state index is 0.462. The fourth-order valence-corrected chi connectivity index (χ4v) is 3.71. The van der Waals surface area contributed by atoms with Gasteiger partial charge in [0, 0.05) is 29.9 Å². The number of hydrogen-bond donors (Lipinski definition) is 2. The lowest BCUT2D eigenvalue weighted by molar-refractivity contribution is 0.226. The number of H-pyrrole nitrogens is 1. The normalized spacial score (nSPS) is 18.6. The van der Waals surface area contributed by atoms with Crippen molar-refractivity contribution in [1.82, 2.24) is 20.1 Å². The summed E-state index contributed by atoms with van der Waals surface area (Å²) in [4.78, 5) is 5.75. The van der Waals surface area contributed by atoms with E-state index in [1.165, 1.54) is 24.8 Å². The average Bonchev–Trinajstić information content (AvgIpc) is 3.10. The van der Waals surface area contributed by atoms with Crippen LogP contribution < -0.4 is 5.32 Å². The molecule has 2 N–H and O–H groups in total. The molecule has 0 saturated carbocycles. The van der Waals surface area contributed by atoms with Crippen molar-refractivity contribution >= 4 is 16.7 Å². The van der Waals surface area contributed by atoms with E-state index in [4.69, 9.17) is 0 Å². The molecule has 0 spiro atoms. The van der Waals surface area contributed by atoms with Gasteiger partial charge in [0.15, 0.2) is 0 Å². The van der Waals surface area contributed by atoms with E-state index in [2.05, 4.69) is 69.6 Å². The van der Waals surface area contributed by atoms with E-state index in [1.54, 1.807) is 0 Å². The molecule has 0 unspecified atom stereocenters. The Morgan fingerprint density at radius 1 is 1.24 bits per heavy atom. The summed E-state index contributed by atoms with van der Waals surface area (Å²) in [5, 5.41) is 13.7. The lowest BCUT2D eigenvalue weighted by Crippen LogP contribution is -2.42. The Kier molecular flexibility index (Phi) is 4.40. The lowest BCUT2D eigenvalue weighted by atomic mass is 10.0. The van der Waals surface area contributed by atoms with Gasteiger partial charge < -0.3 is 15.2 Å². The summed E-state index contributed by atoms with van der Waals surface area (Å²) in [5.41, 5.74) is 4.32. The lowest BCUT2D eigenvalue weighted by Gasteiger charge is -2.32. The molecule has 5 heteroatoms. The topological polar surface area (TPSA) is 56.8 Å². The molecular formula is C20H25N5. The predicted octanol–water partition coefficient (Wildman–Crippen LogP) is 3.83. The quantitative estimate of drug-likeness (QED) is 0.761. The number of rotatable bonds is 4. The van der Waals surface area contributed by atoms with Crippen LogP contribution in [0.4, 0.5) is 5.82 Å². The zero-order valence-corrected chi connectivity index (χ0v) is 14.9. The van der Waals surface area contributed by atoms with Crippen molar-refractivity contribution in [1.29, 1.82) is 0 Å². The SMILES string of the molecule is CCN1CCC[C@@H](Nc2cc(C)c(-c3ccc4cc[nH]c4c3)nn2)C1. The summed E-state index contributed by atoms with van der Waals surface area (Å²) < 4.78 is 0. The van der Waals surface area contributed by atoms with Crippen LogP contribution in [-0.2, 0) is 0 Å². The largest absolute Gasteiger partial charge is 0.365 e. The van der Waals surface area contributed by atoms with Crippen LogP contribution in [0.3, 0.4) is 0 Å². The number of likely N-dealkylation sites (tertiary alicyclic amines) is 1. The Hall–Kier alpha value is -2.40. The van der Waals surface area contributed by atoms with Gasteiger partial charge in [-0.2, -0.15) is 0 Å². The highest BCUT2D eigenvalue weighted by molar-refractivity contribution is 5.84. The van der Waals surface area contributed by atoms with Gasteiger partial charge in [-0.15, -0.1) is 10.2 Å². The van der Waals surface area contributed by atoms with E-state index in [1.807, 2.05) is 6.20 Å². The third-order valence-electron chi connectivity index (χ3n) is 5.12. The van der Waals surface area contributed by atoms with E-state index in [-0.39, 0.29) is 0 Å². The van der Waals surface area contributed by atoms with Crippen LogP contribution in [0.2, 0.25) is 0 Å². The van der Waals surface area contributed by atoms with Crippen LogP contribution in [0.15, 0.2) is 36.5 Å². The number of aromatic nitrogens is 3. The number of benzene rings is 1. The first kappa shape index (κ1) is 16.1. The van der Waals surface area contributed by atoms with E-state index in [0.717, 1.165) is 41.2 Å². The van der Waals surface area contributed by atoms with Crippen molar-refractivity contribution in [2.45, 2.75) is 32.7 Å². The Balaban J connectivity index is 1.54. The number of likely N-dealkylation sites (N-methyl/N-ethyl adjacent to an activating group) is 1. The van der Waals surface area contributed by atoms with Crippen molar-refractivity contribution < 1.29 is 0 Å². The van der Waals surface area contributed by atoms with Crippen LogP contribution >= 0.6 is 0 Å². The molecule has 1 saturated heterocycles. The number of fused-ring (bicyclic) bond motifs is 1. The molecule has 2 aromatic heterocycles. The van der Waals surface area contributed by atoms with E-state index < -0.39 is 0 Å². The third kappa shape index (κ3) is 3.37. The molecule has 25 heavy (non-hydrogen) atoms. The van der Waals surface area contributed by atoms with E-state index in [9.17, 15) is 0 Å². The van der Waals surface area contributed by atoms with Crippen LogP contribution in [0.1, 0.15) is 25.3 Å². The first-order valence-corrected chi connectivity index (χ1v) is 9.13. The number of nitrogens with zero attached hydrogens (tertiary/aromatic N) is 3. The van der Waals surface area contributed by atoms with Gasteiger partial charge in [-0.1, -0.05) is 19.1 Å². The third-order valence-corrected chi connectivity index (χ3v) is 5.12. The number of hydrogen-bond acceptors (Lipinski definition) is 4. The monoisotopic (exact) mass is 335 g/mol. The highest BCUT2D eigenvalue weighted by atomic mass is 15.2. The predicted molar refractivity (Wildman–Crippen MR) is 103 cm³/mol. The van der Waals surface area contributed by atoms with Gasteiger partial charge in [0.2, 0.25) is 0 Å². The molecule has 1 aliphatic heterocycles. The maximum absolute atomic E-state index is 4.50. The molecular weight excluding hydrogens is 310 g/mol. The molecule has 1 fully saturated rings. The Labute approximate surface area is 148 Å². The summed E-state index contributed by atoms with van der Waals surface area (Å²) in [6.07, 6.45) is 4.40. The molecule has 0 amide bonds. The van der Waals surface area contributed by atoms with Gasteiger partial charge >= 0.3 is 0 Å². The number of aromatic amines is 1. The second-order valence-corrected chi connectivity index (χ2v) is 6.92. The standard InChI is InChI=1S/C20H25N5/c1-3-25-10-4-5-17(13-25)22-19-11-14(2)20(24-23-19)16-7-6-15-8-9-21-18(15)12-16/h6-9,11-12,17,21H,3-5,10,13H2,1-2H3,(H,22,23)/t17-/m1/s1. The van der Waals surface area contributed by atoms with Gasteiger partial charge in [-0.05, 0) is 62.0 Å². The van der Waals surface area contributed by atoms with Crippen LogP contribution in [0, 0.1) is 6.92 Å². The van der Waals surface area contributed by atoms with Gasteiger partial charge in [-0.25, -0.2) is 0 Å². The average molecular weight is 335 g/mol. The Morgan fingerprint density at radius 2 is 2.16 bits per heavy atom. The zero-order chi connectivity index (χ0) is 17.2. The van der Waals surface area contributed by atoms with E-state index >= 15 is 0 Å². The fourth-order valence-electron chi connectivity index (χ4n) is 3.71. The maximum atomic E-state index is 4.50. The fraction of sp³-hybridized carbons (Fsp3) is 0.400. The molecule has 4 rings (SSSR count). The number of nitrogens with one attached hydrogen (secondary N) is 2. The molecule has 0 radical (unpaired) electrons. The minimum atomic E-state index is 0.462. The summed E-state index contributed by atoms with van der Waals surface area (Å²) in [6, 6.07) is 11.0. The van der Waals surface area contributed by atoms with Crippen molar-refractivity contribution in [3.05, 3.63) is 42.1 Å². The first-order valence-electron chi connectivity index (χ1n) is 9.13. The zero-order valence-electron chi connectivity index (χ0n) is 14.9. The molecule has 3 aromatic rings. The Morgan fingerprint density at radius 3 is 3.00 bits per heavy atom. The Bertz CT molecular complexity index is 869. The smallest absolute Gasteiger partial charge is 0.149 e. The van der Waals surface area contributed by atoms with Crippen molar-refractivity contribution in [3.8, 4) is 11.3 Å². The summed E-state index contributed by atoms with van der Waals surface area (Å²) >= 11 is 0. The van der Waals surface area contributed by atoms with Crippen molar-refractivity contribution in [3.63, 3.8) is 0 Å². The second-order valence-electron chi connectivity index (χ2n) is 6.92. The molecule has 0 aliphatic carbocycles. The summed E-state index contributed by atoms with van der Waals surface area (Å²) in [5.74, 6) is 0.880. The molecule has 5 nitrogen and oxygen atoms in total. The van der Waals surface area contributed by atoms with Gasteiger partial charge in [0.1, 0.15) is 5.82 Å². The van der Waals surface area contributed by atoms with Crippen molar-refractivity contribution in [2.24, 2.45) is 0 Å². The molecule has 130 valence electrons. The minimum Gasteiger partial charge on any atom is -0.365 e. The van der Waals surface area contributed by atoms with Crippen LogP contribution in [0.25, 0.3) is 22.2 Å². The summed E-state index contributed by atoms with van der Waals surface area (Å²) in [6.45, 7) is 7.74. The highest BCUT2D eigenvalue weighted by Crippen LogP contribution is 2.26. The van der Waals surface area contributed by atoms with Crippen LogP contribution in [0.5, 0.6) is 0 Å². The second kappa shape index (κ2) is 6.84. The molecule has 3 heterocycles. The number of piperidine rings is 1. The number of aryl methyl sites for hydroxylation is 1. The number of anilines is 1. The van der Waals surface area contributed by atoms with Gasteiger partial charge in [-0.3, -0.25) is 0 Å². The van der Waals surface area contributed by atoms with Gasteiger partial charge in [0.25, 0.3) is 0 Å². The van der Waals surface area contributed by atoms with E-state index in [0.29, 0.717) is 6.04 Å². The maximum Gasteiger partial charge on any atom is 0.149 e. The summed E-state index contributed by atoms with van der Waals surface area (Å²) in [7, 11) is 0. The molecule has 1 aromatic carbocycles. The highest BCUT2D eigenvalue weighted by Gasteiger charge is 2.19. The molecule has 1 aliphatic rings. The first-order chi connectivity index (χ1) is 12.2. The van der Waals surface area contributed by atoms with Gasteiger partial charge in [0.05, 0.1) is 5.69 Å². The van der Waals surface area contributed by atoms with Crippen LogP contribution in [-0.4, -0.2) is 45.8 Å². The molecule has 1 atom stereocenters.